The number of rotatable bonds is 3. The van der Waals surface area contributed by atoms with Crippen LogP contribution in [0.3, 0.4) is 0 Å². The molecule has 1 aliphatic heterocycles. The van der Waals surface area contributed by atoms with Crippen molar-refractivity contribution in [2.75, 3.05) is 13.2 Å². The standard InChI is InChI=1S/C10H12O5S/c1-7-2-3-9(16(12,13)14)8(4-7)10(5-11)6-15-10/h2-4,11H,5-6H2,1H3,(H,12,13,14)/t10-/m1/s1. The Kier molecular flexibility index (Phi) is 2.54. The van der Waals surface area contributed by atoms with E-state index in [4.69, 9.17) is 9.29 Å². The molecule has 0 aromatic heterocycles. The van der Waals surface area contributed by atoms with Crippen molar-refractivity contribution >= 4 is 10.1 Å². The number of aliphatic hydroxyl groups excluding tert-OH is 1. The quantitative estimate of drug-likeness (QED) is 0.595. The zero-order chi connectivity index (χ0) is 12.0. The number of ether oxygens (including phenoxy) is 1. The van der Waals surface area contributed by atoms with E-state index in [1.54, 1.807) is 19.1 Å². The predicted octanol–water partition coefficient (Wildman–Crippen LogP) is 0.460. The number of aliphatic hydroxyl groups is 1. The van der Waals surface area contributed by atoms with E-state index in [0.717, 1.165) is 5.56 Å². The third-order valence-corrected chi connectivity index (χ3v) is 3.56. The van der Waals surface area contributed by atoms with Gasteiger partial charge in [0.25, 0.3) is 10.1 Å². The predicted molar refractivity (Wildman–Crippen MR) is 55.7 cm³/mol. The molecule has 1 atom stereocenters. The van der Waals surface area contributed by atoms with E-state index in [-0.39, 0.29) is 18.1 Å². The van der Waals surface area contributed by atoms with Crippen LogP contribution in [0.4, 0.5) is 0 Å². The average Bonchev–Trinajstić information content (AvgIpc) is 2.96. The third-order valence-electron chi connectivity index (χ3n) is 2.65. The van der Waals surface area contributed by atoms with Crippen molar-refractivity contribution in [3.8, 4) is 0 Å². The minimum Gasteiger partial charge on any atom is -0.393 e. The second-order valence-corrected chi connectivity index (χ2v) is 5.31. The lowest BCUT2D eigenvalue weighted by Crippen LogP contribution is -2.18. The van der Waals surface area contributed by atoms with Crippen molar-refractivity contribution in [2.45, 2.75) is 17.4 Å². The van der Waals surface area contributed by atoms with Gasteiger partial charge in [0, 0.05) is 5.56 Å². The summed E-state index contributed by atoms with van der Waals surface area (Å²) < 4.78 is 36.5. The van der Waals surface area contributed by atoms with Crippen LogP contribution in [0.25, 0.3) is 0 Å². The molecule has 1 saturated heterocycles. The Morgan fingerprint density at radius 3 is 2.56 bits per heavy atom. The van der Waals surface area contributed by atoms with Crippen molar-refractivity contribution < 1.29 is 22.8 Å². The number of hydrogen-bond acceptors (Lipinski definition) is 4. The fourth-order valence-electron chi connectivity index (χ4n) is 1.64. The number of aryl methyl sites for hydroxylation is 1. The lowest BCUT2D eigenvalue weighted by molar-refractivity contribution is 0.170. The molecule has 2 N–H and O–H groups in total. The molecule has 1 fully saturated rings. The minimum atomic E-state index is -4.29. The van der Waals surface area contributed by atoms with Crippen LogP contribution in [-0.4, -0.2) is 31.3 Å². The molecule has 1 aromatic carbocycles. The van der Waals surface area contributed by atoms with Gasteiger partial charge in [0.1, 0.15) is 10.5 Å². The topological polar surface area (TPSA) is 87.1 Å². The molecular formula is C10H12O5S. The maximum atomic E-state index is 11.2. The summed E-state index contributed by atoms with van der Waals surface area (Å²) in [4.78, 5) is -0.204. The molecule has 16 heavy (non-hydrogen) atoms. The van der Waals surface area contributed by atoms with Crippen LogP contribution in [0.5, 0.6) is 0 Å². The van der Waals surface area contributed by atoms with Gasteiger partial charge in [0.2, 0.25) is 0 Å². The first-order valence-electron chi connectivity index (χ1n) is 4.72. The van der Waals surface area contributed by atoms with Gasteiger partial charge in [0.15, 0.2) is 0 Å². The van der Waals surface area contributed by atoms with Gasteiger partial charge in [-0.25, -0.2) is 0 Å². The van der Waals surface area contributed by atoms with Gasteiger partial charge in [-0.3, -0.25) is 4.55 Å². The molecule has 2 rings (SSSR count). The van der Waals surface area contributed by atoms with Crippen molar-refractivity contribution in [3.05, 3.63) is 29.3 Å². The summed E-state index contributed by atoms with van der Waals surface area (Å²) in [5, 5.41) is 9.19. The molecule has 0 unspecified atom stereocenters. The molecule has 88 valence electrons. The van der Waals surface area contributed by atoms with Crippen LogP contribution in [-0.2, 0) is 20.5 Å². The summed E-state index contributed by atoms with van der Waals surface area (Å²) in [6.07, 6.45) is 0. The minimum absolute atomic E-state index is 0.204. The highest BCUT2D eigenvalue weighted by Gasteiger charge is 2.48. The molecule has 0 aliphatic carbocycles. The van der Waals surface area contributed by atoms with Crippen molar-refractivity contribution in [1.82, 2.24) is 0 Å². The van der Waals surface area contributed by atoms with E-state index in [2.05, 4.69) is 0 Å². The van der Waals surface area contributed by atoms with Crippen LogP contribution in [0.2, 0.25) is 0 Å². The molecule has 0 saturated carbocycles. The molecule has 1 aliphatic rings. The van der Waals surface area contributed by atoms with Crippen LogP contribution >= 0.6 is 0 Å². The van der Waals surface area contributed by atoms with Crippen molar-refractivity contribution in [3.63, 3.8) is 0 Å². The molecule has 1 heterocycles. The molecule has 5 nitrogen and oxygen atoms in total. The van der Waals surface area contributed by atoms with Crippen molar-refractivity contribution in [2.24, 2.45) is 0 Å². The number of hydrogen-bond donors (Lipinski definition) is 2. The SMILES string of the molecule is Cc1ccc(S(=O)(=O)O)c([C@@]2(CO)CO2)c1. The Bertz CT molecular complexity index is 516. The van der Waals surface area contributed by atoms with E-state index in [9.17, 15) is 13.5 Å². The van der Waals surface area contributed by atoms with E-state index in [1.165, 1.54) is 6.07 Å². The highest BCUT2D eigenvalue weighted by molar-refractivity contribution is 7.85. The van der Waals surface area contributed by atoms with Crippen LogP contribution in [0.15, 0.2) is 23.1 Å². The van der Waals surface area contributed by atoms with Crippen molar-refractivity contribution in [1.29, 1.82) is 0 Å². The summed E-state index contributed by atoms with van der Waals surface area (Å²) in [7, 11) is -4.29. The fourth-order valence-corrected chi connectivity index (χ4v) is 2.41. The van der Waals surface area contributed by atoms with Gasteiger partial charge in [-0.05, 0) is 13.0 Å². The Balaban J connectivity index is 2.63. The second kappa shape index (κ2) is 3.53. The molecule has 0 amide bonds. The molecule has 0 radical (unpaired) electrons. The first-order chi connectivity index (χ1) is 7.39. The van der Waals surface area contributed by atoms with E-state index in [1.807, 2.05) is 0 Å². The summed E-state index contributed by atoms with van der Waals surface area (Å²) in [5.74, 6) is 0. The summed E-state index contributed by atoms with van der Waals surface area (Å²) in [6, 6.07) is 4.51. The molecule has 1 aromatic rings. The van der Waals surface area contributed by atoms with Gasteiger partial charge in [0.05, 0.1) is 13.2 Å². The van der Waals surface area contributed by atoms with E-state index in [0.29, 0.717) is 5.56 Å². The van der Waals surface area contributed by atoms with E-state index < -0.39 is 15.7 Å². The van der Waals surface area contributed by atoms with Crippen LogP contribution in [0.1, 0.15) is 11.1 Å². The first-order valence-corrected chi connectivity index (χ1v) is 6.16. The largest absolute Gasteiger partial charge is 0.393 e. The van der Waals surface area contributed by atoms with Gasteiger partial charge in [-0.1, -0.05) is 17.7 Å². The maximum Gasteiger partial charge on any atom is 0.294 e. The molecule has 0 bridgehead atoms. The fraction of sp³-hybridized carbons (Fsp3) is 0.400. The summed E-state index contributed by atoms with van der Waals surface area (Å²) in [6.45, 7) is 1.75. The van der Waals surface area contributed by atoms with Crippen LogP contribution < -0.4 is 0 Å². The van der Waals surface area contributed by atoms with Crippen LogP contribution in [0, 0.1) is 6.92 Å². The van der Waals surface area contributed by atoms with Gasteiger partial charge in [-0.2, -0.15) is 8.42 Å². The maximum absolute atomic E-state index is 11.2. The van der Waals surface area contributed by atoms with E-state index >= 15 is 0 Å². The Morgan fingerprint density at radius 1 is 1.50 bits per heavy atom. The van der Waals surface area contributed by atoms with Gasteiger partial charge >= 0.3 is 0 Å². The normalized spacial score (nSPS) is 24.4. The average molecular weight is 244 g/mol. The summed E-state index contributed by atoms with van der Waals surface area (Å²) >= 11 is 0. The Labute approximate surface area is 93.4 Å². The Morgan fingerprint density at radius 2 is 2.12 bits per heavy atom. The lowest BCUT2D eigenvalue weighted by atomic mass is 9.99. The number of epoxide rings is 1. The highest BCUT2D eigenvalue weighted by Crippen LogP contribution is 2.41. The zero-order valence-corrected chi connectivity index (χ0v) is 9.49. The van der Waals surface area contributed by atoms with Gasteiger partial charge in [-0.15, -0.1) is 0 Å². The molecule has 6 heteroatoms. The third kappa shape index (κ3) is 1.84. The Hall–Kier alpha value is -0.950. The first kappa shape index (κ1) is 11.5. The smallest absolute Gasteiger partial charge is 0.294 e. The number of benzene rings is 1. The lowest BCUT2D eigenvalue weighted by Gasteiger charge is -2.13. The highest BCUT2D eigenvalue weighted by atomic mass is 32.2. The molecule has 0 spiro atoms. The monoisotopic (exact) mass is 244 g/mol. The van der Waals surface area contributed by atoms with Gasteiger partial charge < -0.3 is 9.84 Å². The molecular weight excluding hydrogens is 232 g/mol. The summed E-state index contributed by atoms with van der Waals surface area (Å²) in [5.41, 5.74) is 0.195. The second-order valence-electron chi connectivity index (χ2n) is 3.92. The zero-order valence-electron chi connectivity index (χ0n) is 8.67.